The Morgan fingerprint density at radius 3 is 2.05 bits per heavy atom. The SMILES string of the molecule is C=COCC.CCCCCCCCCOc1ccccc1. The summed E-state index contributed by atoms with van der Waals surface area (Å²) in [4.78, 5) is 0. The summed E-state index contributed by atoms with van der Waals surface area (Å²) in [7, 11) is 0. The van der Waals surface area contributed by atoms with E-state index in [9.17, 15) is 0 Å². The Hall–Kier alpha value is -1.44. The van der Waals surface area contributed by atoms with E-state index in [0.29, 0.717) is 0 Å². The first kappa shape index (κ1) is 19.6. The van der Waals surface area contributed by atoms with Crippen LogP contribution in [-0.4, -0.2) is 13.2 Å². The summed E-state index contributed by atoms with van der Waals surface area (Å²) in [5.74, 6) is 0.994. The fourth-order valence-electron chi connectivity index (χ4n) is 1.88. The molecule has 0 N–H and O–H groups in total. The smallest absolute Gasteiger partial charge is 0.119 e. The van der Waals surface area contributed by atoms with Crippen LogP contribution in [0, 0.1) is 0 Å². The third kappa shape index (κ3) is 14.8. The third-order valence-electron chi connectivity index (χ3n) is 3.04. The lowest BCUT2D eigenvalue weighted by atomic mass is 10.1. The van der Waals surface area contributed by atoms with Crippen molar-refractivity contribution in [2.45, 2.75) is 58.8 Å². The Morgan fingerprint density at radius 1 is 0.905 bits per heavy atom. The maximum absolute atomic E-state index is 5.63. The Morgan fingerprint density at radius 2 is 1.52 bits per heavy atom. The molecule has 0 saturated heterocycles. The van der Waals surface area contributed by atoms with Gasteiger partial charge in [-0.05, 0) is 25.5 Å². The van der Waals surface area contributed by atoms with Crippen LogP contribution in [0.25, 0.3) is 0 Å². The summed E-state index contributed by atoms with van der Waals surface area (Å²) in [6.07, 6.45) is 10.8. The Balaban J connectivity index is 0.000000690. The number of hydrogen-bond acceptors (Lipinski definition) is 2. The molecule has 0 radical (unpaired) electrons. The van der Waals surface area contributed by atoms with Gasteiger partial charge in [0.2, 0.25) is 0 Å². The Labute approximate surface area is 131 Å². The normalized spacial score (nSPS) is 9.43. The van der Waals surface area contributed by atoms with Gasteiger partial charge in [0.25, 0.3) is 0 Å². The van der Waals surface area contributed by atoms with Gasteiger partial charge >= 0.3 is 0 Å². The van der Waals surface area contributed by atoms with Crippen LogP contribution in [-0.2, 0) is 4.74 Å². The predicted molar refractivity (Wildman–Crippen MR) is 91.8 cm³/mol. The van der Waals surface area contributed by atoms with Crippen molar-refractivity contribution >= 4 is 0 Å². The molecule has 0 spiro atoms. The summed E-state index contributed by atoms with van der Waals surface area (Å²) in [5.41, 5.74) is 0. The Kier molecular flexibility index (Phi) is 15.5. The van der Waals surface area contributed by atoms with Crippen molar-refractivity contribution in [1.29, 1.82) is 0 Å². The van der Waals surface area contributed by atoms with Gasteiger partial charge in [-0.1, -0.05) is 70.2 Å². The van der Waals surface area contributed by atoms with E-state index in [1.165, 1.54) is 51.2 Å². The molecular weight excluding hydrogens is 260 g/mol. The summed E-state index contributed by atoms with van der Waals surface area (Å²) < 4.78 is 10.2. The van der Waals surface area contributed by atoms with E-state index in [2.05, 4.69) is 18.2 Å². The van der Waals surface area contributed by atoms with Gasteiger partial charge in [-0.25, -0.2) is 0 Å². The van der Waals surface area contributed by atoms with Crippen molar-refractivity contribution in [3.05, 3.63) is 43.2 Å². The highest BCUT2D eigenvalue weighted by Gasteiger charge is 1.93. The average Bonchev–Trinajstić information content (AvgIpc) is 2.52. The lowest BCUT2D eigenvalue weighted by Gasteiger charge is -2.05. The number of hydrogen-bond donors (Lipinski definition) is 0. The summed E-state index contributed by atoms with van der Waals surface area (Å²) >= 11 is 0. The maximum Gasteiger partial charge on any atom is 0.119 e. The number of unbranched alkanes of at least 4 members (excludes halogenated alkanes) is 6. The quantitative estimate of drug-likeness (QED) is 0.369. The molecule has 0 saturated carbocycles. The summed E-state index contributed by atoms with van der Waals surface area (Å²) in [5, 5.41) is 0. The molecule has 0 fully saturated rings. The molecule has 120 valence electrons. The topological polar surface area (TPSA) is 18.5 Å². The first-order valence-corrected chi connectivity index (χ1v) is 8.25. The molecule has 1 aromatic rings. The minimum Gasteiger partial charge on any atom is -0.502 e. The predicted octanol–water partition coefficient (Wildman–Crippen LogP) is 5.98. The van der Waals surface area contributed by atoms with Crippen LogP contribution >= 0.6 is 0 Å². The molecule has 0 heterocycles. The highest BCUT2D eigenvalue weighted by molar-refractivity contribution is 5.20. The zero-order valence-electron chi connectivity index (χ0n) is 13.9. The molecule has 1 rings (SSSR count). The molecular formula is C19H32O2. The lowest BCUT2D eigenvalue weighted by Crippen LogP contribution is -1.96. The van der Waals surface area contributed by atoms with Gasteiger partial charge < -0.3 is 9.47 Å². The van der Waals surface area contributed by atoms with Crippen molar-refractivity contribution < 1.29 is 9.47 Å². The average molecular weight is 292 g/mol. The molecule has 0 amide bonds. The van der Waals surface area contributed by atoms with Crippen LogP contribution < -0.4 is 4.74 Å². The van der Waals surface area contributed by atoms with Gasteiger partial charge in [0.15, 0.2) is 0 Å². The van der Waals surface area contributed by atoms with Crippen molar-refractivity contribution in [2.75, 3.05) is 13.2 Å². The molecule has 1 aromatic carbocycles. The second kappa shape index (κ2) is 16.6. The van der Waals surface area contributed by atoms with Crippen LogP contribution in [0.15, 0.2) is 43.2 Å². The van der Waals surface area contributed by atoms with Crippen molar-refractivity contribution in [1.82, 2.24) is 0 Å². The minimum atomic E-state index is 0.726. The van der Waals surface area contributed by atoms with E-state index in [1.807, 2.05) is 37.3 Å². The molecule has 0 unspecified atom stereocenters. The van der Waals surface area contributed by atoms with Crippen LogP contribution in [0.5, 0.6) is 5.75 Å². The van der Waals surface area contributed by atoms with E-state index < -0.39 is 0 Å². The summed E-state index contributed by atoms with van der Waals surface area (Å²) in [6, 6.07) is 10.1. The van der Waals surface area contributed by atoms with Crippen molar-refractivity contribution in [3.8, 4) is 5.75 Å². The van der Waals surface area contributed by atoms with E-state index >= 15 is 0 Å². The standard InChI is InChI=1S/C15H24O.C4H8O/c1-2-3-4-5-6-7-11-14-16-15-12-9-8-10-13-15;1-3-5-4-2/h8-10,12-13H,2-7,11,14H2,1H3;3H,1,4H2,2H3. The van der Waals surface area contributed by atoms with Crippen LogP contribution in [0.4, 0.5) is 0 Å². The van der Waals surface area contributed by atoms with E-state index in [-0.39, 0.29) is 0 Å². The fraction of sp³-hybridized carbons (Fsp3) is 0.579. The van der Waals surface area contributed by atoms with Gasteiger partial charge in [-0.15, -0.1) is 0 Å². The summed E-state index contributed by atoms with van der Waals surface area (Å²) in [6.45, 7) is 9.09. The largest absolute Gasteiger partial charge is 0.502 e. The molecule has 0 atom stereocenters. The van der Waals surface area contributed by atoms with Crippen molar-refractivity contribution in [2.24, 2.45) is 0 Å². The number of rotatable bonds is 11. The first-order chi connectivity index (χ1) is 10.3. The molecule has 2 heteroatoms. The minimum absolute atomic E-state index is 0.726. The van der Waals surface area contributed by atoms with E-state index in [0.717, 1.165) is 19.0 Å². The van der Waals surface area contributed by atoms with E-state index in [4.69, 9.17) is 4.74 Å². The molecule has 0 bridgehead atoms. The molecule has 21 heavy (non-hydrogen) atoms. The molecule has 2 nitrogen and oxygen atoms in total. The molecule has 0 aliphatic rings. The van der Waals surface area contributed by atoms with Gasteiger partial charge in [0.05, 0.1) is 19.5 Å². The highest BCUT2D eigenvalue weighted by atomic mass is 16.5. The zero-order chi connectivity index (χ0) is 15.6. The number of ether oxygens (including phenoxy) is 2. The third-order valence-corrected chi connectivity index (χ3v) is 3.04. The second-order valence-corrected chi connectivity index (χ2v) is 4.90. The number of benzene rings is 1. The first-order valence-electron chi connectivity index (χ1n) is 8.25. The van der Waals surface area contributed by atoms with Gasteiger partial charge in [-0.3, -0.25) is 0 Å². The number of para-hydroxylation sites is 1. The maximum atomic E-state index is 5.63. The van der Waals surface area contributed by atoms with Crippen LogP contribution in [0.3, 0.4) is 0 Å². The fourth-order valence-corrected chi connectivity index (χ4v) is 1.88. The van der Waals surface area contributed by atoms with Crippen LogP contribution in [0.2, 0.25) is 0 Å². The van der Waals surface area contributed by atoms with Crippen molar-refractivity contribution in [3.63, 3.8) is 0 Å². The van der Waals surface area contributed by atoms with Gasteiger partial charge in [0.1, 0.15) is 5.75 Å². The van der Waals surface area contributed by atoms with E-state index in [1.54, 1.807) is 0 Å². The molecule has 0 aliphatic carbocycles. The van der Waals surface area contributed by atoms with Gasteiger partial charge in [-0.2, -0.15) is 0 Å². The Bertz CT molecular complexity index is 309. The molecule has 0 aliphatic heterocycles. The van der Waals surface area contributed by atoms with Gasteiger partial charge in [0, 0.05) is 0 Å². The van der Waals surface area contributed by atoms with Crippen LogP contribution in [0.1, 0.15) is 58.8 Å². The second-order valence-electron chi connectivity index (χ2n) is 4.90. The lowest BCUT2D eigenvalue weighted by molar-refractivity contribution is 0.270. The highest BCUT2D eigenvalue weighted by Crippen LogP contribution is 2.10. The molecule has 0 aromatic heterocycles. The monoisotopic (exact) mass is 292 g/mol. The zero-order valence-corrected chi connectivity index (χ0v) is 13.9.